The average molecular weight is 306 g/mol. The van der Waals surface area contributed by atoms with Gasteiger partial charge in [-0.25, -0.2) is 4.57 Å². The van der Waals surface area contributed by atoms with Gasteiger partial charge in [0.2, 0.25) is 0 Å². The Kier molecular flexibility index (Phi) is 4.29. The molecule has 0 bridgehead atoms. The first-order valence-electron chi connectivity index (χ1n) is 3.69. The molecule has 0 fully saturated rings. The summed E-state index contributed by atoms with van der Waals surface area (Å²) in [6.07, 6.45) is 0. The first kappa shape index (κ1) is 13.8. The van der Waals surface area contributed by atoms with E-state index in [0.29, 0.717) is 0 Å². The molecule has 0 saturated heterocycles. The highest BCUT2D eigenvalue weighted by Gasteiger charge is 2.20. The van der Waals surface area contributed by atoms with Crippen molar-refractivity contribution < 1.29 is 28.0 Å². The molecule has 6 nitrogen and oxygen atoms in total. The number of hydrogen-bond donors (Lipinski definition) is 1. The van der Waals surface area contributed by atoms with Crippen LogP contribution >= 0.6 is 36.4 Å². The Hall–Kier alpha value is -0.220. The Morgan fingerprint density at radius 2 is 1.56 bits per heavy atom. The van der Waals surface area contributed by atoms with Gasteiger partial charge in [-0.2, -0.15) is 0 Å². The van der Waals surface area contributed by atoms with Crippen molar-refractivity contribution in [2.75, 3.05) is 0 Å². The lowest BCUT2D eigenvalue weighted by Gasteiger charge is -2.18. The summed E-state index contributed by atoms with van der Waals surface area (Å²) in [5.74, 6) is -0.634. The Bertz CT molecular complexity index is 423. The van der Waals surface area contributed by atoms with Crippen molar-refractivity contribution in [2.45, 2.75) is 0 Å². The summed E-state index contributed by atoms with van der Waals surface area (Å²) >= 11 is 9.83. The Balaban J connectivity index is 3.01. The summed E-state index contributed by atoms with van der Waals surface area (Å²) in [5.41, 5.74) is 0. The van der Waals surface area contributed by atoms with E-state index in [-0.39, 0.29) is 11.5 Å². The van der Waals surface area contributed by atoms with Gasteiger partial charge in [0.05, 0.1) is 0 Å². The minimum atomic E-state index is -4.55. The Morgan fingerprint density at radius 3 is 1.94 bits per heavy atom. The normalized spacial score (nSPS) is 18.2. The van der Waals surface area contributed by atoms with Crippen molar-refractivity contribution in [3.05, 3.63) is 24.3 Å². The topological polar surface area (TPSA) is 95.9 Å². The van der Waals surface area contributed by atoms with Gasteiger partial charge >= 0.3 is 6.95 Å². The van der Waals surface area contributed by atoms with Crippen molar-refractivity contribution in [3.8, 4) is 11.5 Å². The third kappa shape index (κ3) is 5.21. The summed E-state index contributed by atoms with van der Waals surface area (Å²) < 4.78 is 30.2. The largest absolute Gasteiger partial charge is 0.757 e. The average Bonchev–Trinajstić information content (AvgIpc) is 2.03. The summed E-state index contributed by atoms with van der Waals surface area (Å²) in [4.78, 5) is 19.4. The second-order valence-corrected chi connectivity index (χ2v) is 7.16. The van der Waals surface area contributed by atoms with Gasteiger partial charge in [-0.05, 0) is 23.4 Å². The van der Waals surface area contributed by atoms with Crippen LogP contribution < -0.4 is 13.9 Å². The van der Waals surface area contributed by atoms with Gasteiger partial charge in [0, 0.05) is 11.2 Å². The highest BCUT2D eigenvalue weighted by Crippen LogP contribution is 2.52. The van der Waals surface area contributed by atoms with Crippen LogP contribution in [-0.4, -0.2) is 4.89 Å². The second-order valence-electron chi connectivity index (χ2n) is 2.51. The van der Waals surface area contributed by atoms with Gasteiger partial charge in [-0.3, -0.25) is 4.57 Å². The quantitative estimate of drug-likeness (QED) is 0.858. The zero-order chi connectivity index (χ0) is 12.4. The summed E-state index contributed by atoms with van der Waals surface area (Å²) in [7, 11) is 0. The van der Waals surface area contributed by atoms with Gasteiger partial charge in [0.1, 0.15) is 0 Å². The van der Waals surface area contributed by atoms with Crippen molar-refractivity contribution in [1.29, 1.82) is 0 Å². The van der Waals surface area contributed by atoms with Crippen LogP contribution in [0.15, 0.2) is 24.3 Å². The zero-order valence-electron chi connectivity index (χ0n) is 7.45. The van der Waals surface area contributed by atoms with E-state index in [0.717, 1.165) is 0 Å². The maximum absolute atomic E-state index is 10.8. The molecule has 1 aromatic carbocycles. The number of halogens is 2. The van der Waals surface area contributed by atoms with Crippen molar-refractivity contribution >= 4 is 36.4 Å². The minimum absolute atomic E-state index is 0.306. The van der Waals surface area contributed by atoms with Gasteiger partial charge < -0.3 is 18.8 Å². The molecule has 10 heteroatoms. The molecule has 0 radical (unpaired) electrons. The van der Waals surface area contributed by atoms with Gasteiger partial charge in [0.25, 0.3) is 6.95 Å². The smallest absolute Gasteiger partial charge is 0.474 e. The number of para-hydroxylation sites is 2. The van der Waals surface area contributed by atoms with E-state index in [1.54, 1.807) is 0 Å². The lowest BCUT2D eigenvalue weighted by molar-refractivity contribution is -0.183. The molecule has 2 unspecified atom stereocenters. The molecular formula is C6H5Cl2O6P2-. The van der Waals surface area contributed by atoms with Crippen molar-refractivity contribution in [1.82, 2.24) is 0 Å². The molecule has 16 heavy (non-hydrogen) atoms. The molecule has 2 atom stereocenters. The molecule has 0 aliphatic heterocycles. The standard InChI is InChI=1S/C6H6Cl2O6P2/c7-15(9,10)13-5-3-1-2-4-6(5)14-16(8,11)12/h1-4H,(H,9,10)(H,11,12)/p-1. The summed E-state index contributed by atoms with van der Waals surface area (Å²) in [6.45, 7) is -8.87. The van der Waals surface area contributed by atoms with E-state index in [9.17, 15) is 14.0 Å². The molecule has 1 N–H and O–H groups in total. The van der Waals surface area contributed by atoms with E-state index in [2.05, 4.69) is 9.05 Å². The lowest BCUT2D eigenvalue weighted by Crippen LogP contribution is -2.01. The van der Waals surface area contributed by atoms with Crippen LogP contribution in [0.5, 0.6) is 11.5 Å². The molecule has 1 aromatic rings. The molecule has 0 aromatic heterocycles. The molecular weight excluding hydrogens is 301 g/mol. The van der Waals surface area contributed by atoms with Crippen molar-refractivity contribution in [3.63, 3.8) is 0 Å². The van der Waals surface area contributed by atoms with Crippen LogP contribution in [0.3, 0.4) is 0 Å². The number of benzene rings is 1. The van der Waals surface area contributed by atoms with Crippen LogP contribution in [-0.2, 0) is 9.13 Å². The van der Waals surface area contributed by atoms with Gasteiger partial charge in [-0.1, -0.05) is 12.1 Å². The Morgan fingerprint density at radius 1 is 1.12 bits per heavy atom. The SMILES string of the molecule is O=P([O-])(Cl)Oc1ccccc1OP(=O)(O)Cl. The molecule has 0 heterocycles. The van der Waals surface area contributed by atoms with E-state index < -0.39 is 13.9 Å². The van der Waals surface area contributed by atoms with E-state index in [4.69, 9.17) is 27.4 Å². The van der Waals surface area contributed by atoms with E-state index >= 15 is 0 Å². The highest BCUT2D eigenvalue weighted by atomic mass is 35.7. The molecule has 0 spiro atoms. The van der Waals surface area contributed by atoms with Crippen LogP contribution in [0.2, 0.25) is 0 Å². The minimum Gasteiger partial charge on any atom is -0.757 e. The molecule has 0 aliphatic carbocycles. The third-order valence-electron chi connectivity index (χ3n) is 1.27. The second kappa shape index (κ2) is 4.96. The van der Waals surface area contributed by atoms with Gasteiger partial charge in [-0.15, -0.1) is 0 Å². The van der Waals surface area contributed by atoms with Crippen LogP contribution in [0, 0.1) is 0 Å². The molecule has 1 rings (SSSR count). The fourth-order valence-corrected chi connectivity index (χ4v) is 2.07. The molecule has 0 aliphatic rings. The first-order valence-corrected chi connectivity index (χ1v) is 8.62. The Labute approximate surface area is 100 Å². The number of hydrogen-bond acceptors (Lipinski definition) is 5. The third-order valence-corrected chi connectivity index (χ3v) is 2.52. The van der Waals surface area contributed by atoms with Gasteiger partial charge in [0.15, 0.2) is 11.5 Å². The maximum atomic E-state index is 10.8. The predicted octanol–water partition coefficient (Wildman–Crippen LogP) is 2.49. The van der Waals surface area contributed by atoms with Crippen molar-refractivity contribution in [2.24, 2.45) is 0 Å². The van der Waals surface area contributed by atoms with Crippen LogP contribution in [0.1, 0.15) is 0 Å². The molecule has 0 amide bonds. The molecule has 0 saturated carbocycles. The summed E-state index contributed by atoms with van der Waals surface area (Å²) in [6, 6.07) is 5.24. The predicted molar refractivity (Wildman–Crippen MR) is 56.8 cm³/mol. The first-order chi connectivity index (χ1) is 7.17. The van der Waals surface area contributed by atoms with Crippen LogP contribution in [0.25, 0.3) is 0 Å². The summed E-state index contributed by atoms with van der Waals surface area (Å²) in [5, 5.41) is 0. The van der Waals surface area contributed by atoms with E-state index in [1.165, 1.54) is 24.3 Å². The fourth-order valence-electron chi connectivity index (χ4n) is 0.840. The fraction of sp³-hybridized carbons (Fsp3) is 0. The zero-order valence-corrected chi connectivity index (χ0v) is 10.7. The maximum Gasteiger partial charge on any atom is 0.474 e. The monoisotopic (exact) mass is 305 g/mol. The highest BCUT2D eigenvalue weighted by molar-refractivity contribution is 7.81. The van der Waals surface area contributed by atoms with Crippen LogP contribution in [0.4, 0.5) is 0 Å². The number of rotatable bonds is 4. The molecule has 90 valence electrons. The van der Waals surface area contributed by atoms with E-state index in [1.807, 2.05) is 0 Å². The lowest BCUT2D eigenvalue weighted by atomic mass is 10.3.